The normalized spacial score (nSPS) is 15.3. The van der Waals surface area contributed by atoms with E-state index in [0.29, 0.717) is 6.42 Å². The second kappa shape index (κ2) is 7.67. The van der Waals surface area contributed by atoms with Gasteiger partial charge in [0.15, 0.2) is 0 Å². The maximum atomic E-state index is 12.7. The van der Waals surface area contributed by atoms with Crippen LogP contribution < -0.4 is 0 Å². The molecule has 0 bridgehead atoms. The Morgan fingerprint density at radius 1 is 0.885 bits per heavy atom. The zero-order valence-corrected chi connectivity index (χ0v) is 14.8. The zero-order valence-electron chi connectivity index (χ0n) is 14.8. The van der Waals surface area contributed by atoms with E-state index in [9.17, 15) is 4.79 Å². The molecule has 0 radical (unpaired) electrons. The van der Waals surface area contributed by atoms with E-state index < -0.39 is 0 Å². The minimum Gasteiger partial charge on any atom is -0.340 e. The Labute approximate surface area is 154 Å². The Balaban J connectivity index is 1.33. The number of hydrogen-bond acceptors (Lipinski definition) is 3. The van der Waals surface area contributed by atoms with Crippen LogP contribution in [0.1, 0.15) is 11.1 Å². The molecule has 0 atom stereocenters. The molecule has 4 nitrogen and oxygen atoms in total. The molecular formula is C22H23N3O. The fourth-order valence-corrected chi connectivity index (χ4v) is 3.54. The van der Waals surface area contributed by atoms with Crippen LogP contribution in [0.25, 0.3) is 10.8 Å². The Morgan fingerprint density at radius 3 is 2.46 bits per heavy atom. The van der Waals surface area contributed by atoms with Gasteiger partial charge in [-0.15, -0.1) is 0 Å². The van der Waals surface area contributed by atoms with E-state index in [2.05, 4.69) is 46.3 Å². The Morgan fingerprint density at radius 2 is 1.69 bits per heavy atom. The molecule has 1 saturated heterocycles. The Hall–Kier alpha value is -2.72. The molecule has 1 amide bonds. The van der Waals surface area contributed by atoms with Crippen molar-refractivity contribution in [2.75, 3.05) is 26.2 Å². The number of amides is 1. The number of nitrogens with zero attached hydrogens (tertiary/aromatic N) is 3. The molecule has 2 aromatic carbocycles. The molecule has 1 aliphatic rings. The second-order valence-corrected chi connectivity index (χ2v) is 6.88. The van der Waals surface area contributed by atoms with Gasteiger partial charge in [0.1, 0.15) is 0 Å². The molecule has 4 heteroatoms. The van der Waals surface area contributed by atoms with Crippen LogP contribution in [0.4, 0.5) is 0 Å². The van der Waals surface area contributed by atoms with Gasteiger partial charge in [0.2, 0.25) is 5.91 Å². The average molecular weight is 345 g/mol. The van der Waals surface area contributed by atoms with Gasteiger partial charge in [-0.2, -0.15) is 0 Å². The lowest BCUT2D eigenvalue weighted by atomic mass is 10.0. The minimum atomic E-state index is 0.223. The first kappa shape index (κ1) is 16.7. The summed E-state index contributed by atoms with van der Waals surface area (Å²) in [5.41, 5.74) is 2.31. The van der Waals surface area contributed by atoms with E-state index in [4.69, 9.17) is 0 Å². The number of rotatable bonds is 4. The van der Waals surface area contributed by atoms with Gasteiger partial charge in [-0.05, 0) is 28.0 Å². The van der Waals surface area contributed by atoms with Gasteiger partial charge in [-0.3, -0.25) is 14.7 Å². The molecule has 0 aliphatic carbocycles. The fourth-order valence-electron chi connectivity index (χ4n) is 3.54. The number of carbonyl (C=O) groups is 1. The molecule has 1 aliphatic heterocycles. The molecule has 0 spiro atoms. The summed E-state index contributed by atoms with van der Waals surface area (Å²) in [6.45, 7) is 4.33. The lowest BCUT2D eigenvalue weighted by molar-refractivity contribution is -0.132. The number of fused-ring (bicyclic) bond motifs is 1. The molecule has 2 heterocycles. The summed E-state index contributed by atoms with van der Waals surface area (Å²) in [5.74, 6) is 0.223. The summed E-state index contributed by atoms with van der Waals surface area (Å²) < 4.78 is 0. The smallest absolute Gasteiger partial charge is 0.227 e. The zero-order chi connectivity index (χ0) is 17.8. The van der Waals surface area contributed by atoms with Gasteiger partial charge in [0.25, 0.3) is 0 Å². The first-order valence-corrected chi connectivity index (χ1v) is 9.15. The highest BCUT2D eigenvalue weighted by Crippen LogP contribution is 2.17. The van der Waals surface area contributed by atoms with Crippen LogP contribution in [0.5, 0.6) is 0 Å². The monoisotopic (exact) mass is 345 g/mol. The number of benzene rings is 2. The van der Waals surface area contributed by atoms with Crippen molar-refractivity contribution in [1.82, 2.24) is 14.8 Å². The minimum absolute atomic E-state index is 0.223. The number of hydrogen-bond donors (Lipinski definition) is 0. The SMILES string of the molecule is O=C(Cc1ccc2ccccc2c1)N1CCN(Cc2cccnc2)CC1. The van der Waals surface area contributed by atoms with Gasteiger partial charge >= 0.3 is 0 Å². The molecule has 132 valence electrons. The molecule has 1 aromatic heterocycles. The fraction of sp³-hybridized carbons (Fsp3) is 0.273. The van der Waals surface area contributed by atoms with Crippen LogP contribution in [0, 0.1) is 0 Å². The first-order chi connectivity index (χ1) is 12.8. The van der Waals surface area contributed by atoms with E-state index in [-0.39, 0.29) is 5.91 Å². The summed E-state index contributed by atoms with van der Waals surface area (Å²) in [4.78, 5) is 21.2. The van der Waals surface area contributed by atoms with E-state index >= 15 is 0 Å². The van der Waals surface area contributed by atoms with Crippen molar-refractivity contribution >= 4 is 16.7 Å². The molecule has 0 unspecified atom stereocenters. The molecule has 0 saturated carbocycles. The average Bonchev–Trinajstić information content (AvgIpc) is 2.69. The predicted molar refractivity (Wildman–Crippen MR) is 104 cm³/mol. The van der Waals surface area contributed by atoms with Crippen molar-refractivity contribution in [3.05, 3.63) is 78.1 Å². The van der Waals surface area contributed by atoms with Crippen LogP contribution >= 0.6 is 0 Å². The third-order valence-electron chi connectivity index (χ3n) is 5.02. The van der Waals surface area contributed by atoms with Crippen LogP contribution in [0.2, 0.25) is 0 Å². The van der Waals surface area contributed by atoms with E-state index in [1.165, 1.54) is 16.3 Å². The highest BCUT2D eigenvalue weighted by Gasteiger charge is 2.21. The van der Waals surface area contributed by atoms with E-state index in [0.717, 1.165) is 38.3 Å². The van der Waals surface area contributed by atoms with Crippen LogP contribution in [0.3, 0.4) is 0 Å². The maximum Gasteiger partial charge on any atom is 0.227 e. The summed E-state index contributed by atoms with van der Waals surface area (Å²) in [6.07, 6.45) is 4.19. The highest BCUT2D eigenvalue weighted by molar-refractivity contribution is 5.85. The van der Waals surface area contributed by atoms with Gasteiger partial charge in [-0.25, -0.2) is 0 Å². The quantitative estimate of drug-likeness (QED) is 0.729. The van der Waals surface area contributed by atoms with Crippen molar-refractivity contribution in [3.63, 3.8) is 0 Å². The van der Waals surface area contributed by atoms with Crippen molar-refractivity contribution in [2.24, 2.45) is 0 Å². The summed E-state index contributed by atoms with van der Waals surface area (Å²) >= 11 is 0. The van der Waals surface area contributed by atoms with Crippen molar-refractivity contribution in [2.45, 2.75) is 13.0 Å². The van der Waals surface area contributed by atoms with Gasteiger partial charge in [0, 0.05) is 45.1 Å². The van der Waals surface area contributed by atoms with Crippen molar-refractivity contribution in [3.8, 4) is 0 Å². The van der Waals surface area contributed by atoms with Crippen molar-refractivity contribution in [1.29, 1.82) is 0 Å². The maximum absolute atomic E-state index is 12.7. The van der Waals surface area contributed by atoms with Crippen LogP contribution in [0.15, 0.2) is 67.0 Å². The summed E-state index contributed by atoms with van der Waals surface area (Å²) in [5, 5.41) is 2.41. The predicted octanol–water partition coefficient (Wildman–Crippen LogP) is 3.12. The third kappa shape index (κ3) is 3.92. The molecule has 26 heavy (non-hydrogen) atoms. The van der Waals surface area contributed by atoms with Crippen LogP contribution in [-0.2, 0) is 17.8 Å². The summed E-state index contributed by atoms with van der Waals surface area (Å²) in [7, 11) is 0. The number of piperazine rings is 1. The lowest BCUT2D eigenvalue weighted by Crippen LogP contribution is -2.48. The highest BCUT2D eigenvalue weighted by atomic mass is 16.2. The number of aromatic nitrogens is 1. The lowest BCUT2D eigenvalue weighted by Gasteiger charge is -2.34. The largest absolute Gasteiger partial charge is 0.340 e. The van der Waals surface area contributed by atoms with Gasteiger partial charge in [-0.1, -0.05) is 48.5 Å². The summed E-state index contributed by atoms with van der Waals surface area (Å²) in [6, 6.07) is 18.6. The van der Waals surface area contributed by atoms with E-state index in [1.54, 1.807) is 6.20 Å². The Kier molecular flexibility index (Phi) is 4.93. The standard InChI is InChI=1S/C22H23N3O/c26-22(15-18-7-8-20-5-1-2-6-21(20)14-18)25-12-10-24(11-13-25)17-19-4-3-9-23-16-19/h1-9,14,16H,10-13,15,17H2. The third-order valence-corrected chi connectivity index (χ3v) is 5.02. The number of pyridine rings is 1. The molecule has 3 aromatic rings. The topological polar surface area (TPSA) is 36.4 Å². The van der Waals surface area contributed by atoms with Gasteiger partial charge < -0.3 is 4.90 Å². The molecular weight excluding hydrogens is 322 g/mol. The number of carbonyl (C=O) groups excluding carboxylic acids is 1. The van der Waals surface area contributed by atoms with Crippen molar-refractivity contribution < 1.29 is 4.79 Å². The molecule has 0 N–H and O–H groups in total. The van der Waals surface area contributed by atoms with Crippen LogP contribution in [-0.4, -0.2) is 46.9 Å². The van der Waals surface area contributed by atoms with E-state index in [1.807, 2.05) is 29.3 Å². The second-order valence-electron chi connectivity index (χ2n) is 6.88. The Bertz CT molecular complexity index is 886. The molecule has 1 fully saturated rings. The van der Waals surface area contributed by atoms with Gasteiger partial charge in [0.05, 0.1) is 6.42 Å². The first-order valence-electron chi connectivity index (χ1n) is 9.15. The molecule has 4 rings (SSSR count).